The van der Waals surface area contributed by atoms with E-state index < -0.39 is 0 Å². The highest BCUT2D eigenvalue weighted by atomic mass is 35.5. The summed E-state index contributed by atoms with van der Waals surface area (Å²) in [5.41, 5.74) is 1.87. The molecule has 100 valence electrons. The molecule has 4 nitrogen and oxygen atoms in total. The van der Waals surface area contributed by atoms with Crippen LogP contribution >= 0.6 is 11.6 Å². The van der Waals surface area contributed by atoms with E-state index in [0.29, 0.717) is 11.2 Å². The van der Waals surface area contributed by atoms with Gasteiger partial charge in [0.1, 0.15) is 0 Å². The fourth-order valence-corrected chi connectivity index (χ4v) is 2.75. The Hall–Kier alpha value is -0.870. The maximum Gasteiger partial charge on any atom is 0.171 e. The molecule has 1 fully saturated rings. The molecule has 0 bridgehead atoms. The Morgan fingerprint density at radius 2 is 1.94 bits per heavy atom. The van der Waals surface area contributed by atoms with Crippen LogP contribution in [0.5, 0.6) is 0 Å². The number of hydrogen-bond acceptors (Lipinski definition) is 4. The maximum atomic E-state index is 6.25. The van der Waals surface area contributed by atoms with Crippen LogP contribution < -0.4 is 4.90 Å². The lowest BCUT2D eigenvalue weighted by atomic mass is 10.2. The van der Waals surface area contributed by atoms with Crippen molar-refractivity contribution in [3.8, 4) is 0 Å². The topological polar surface area (TPSA) is 32.3 Å². The van der Waals surface area contributed by atoms with E-state index in [1.807, 2.05) is 13.8 Å². The van der Waals surface area contributed by atoms with Gasteiger partial charge in [-0.3, -0.25) is 0 Å². The van der Waals surface area contributed by atoms with Crippen LogP contribution in [0.3, 0.4) is 0 Å². The first-order valence-electron chi connectivity index (χ1n) is 6.41. The predicted octanol–water partition coefficient (Wildman–Crippen LogP) is 2.28. The summed E-state index contributed by atoms with van der Waals surface area (Å²) in [6, 6.07) is 0.494. The Balaban J connectivity index is 2.27. The summed E-state index contributed by atoms with van der Waals surface area (Å²) in [4.78, 5) is 13.5. The number of likely N-dealkylation sites (N-methyl/N-ethyl adjacent to an activating group) is 1. The van der Waals surface area contributed by atoms with Crippen molar-refractivity contribution >= 4 is 17.4 Å². The molecular formula is C13H21ClN4. The number of aromatic nitrogens is 2. The molecule has 18 heavy (non-hydrogen) atoms. The molecule has 2 rings (SSSR count). The lowest BCUT2D eigenvalue weighted by Gasteiger charge is -2.28. The molecule has 1 aromatic rings. The van der Waals surface area contributed by atoms with Gasteiger partial charge >= 0.3 is 0 Å². The van der Waals surface area contributed by atoms with Crippen LogP contribution in [0.25, 0.3) is 0 Å². The van der Waals surface area contributed by atoms with Gasteiger partial charge in [0, 0.05) is 19.1 Å². The summed E-state index contributed by atoms with van der Waals surface area (Å²) < 4.78 is 0. The quantitative estimate of drug-likeness (QED) is 0.842. The van der Waals surface area contributed by atoms with E-state index in [0.717, 1.165) is 30.3 Å². The third kappa shape index (κ3) is 2.75. The highest BCUT2D eigenvalue weighted by molar-refractivity contribution is 6.31. The molecule has 1 saturated heterocycles. The van der Waals surface area contributed by atoms with Crippen molar-refractivity contribution in [1.82, 2.24) is 14.9 Å². The van der Waals surface area contributed by atoms with E-state index in [2.05, 4.69) is 33.9 Å². The molecule has 0 amide bonds. The average Bonchev–Trinajstić information content (AvgIpc) is 2.70. The zero-order chi connectivity index (χ0) is 13.3. The van der Waals surface area contributed by atoms with Crippen molar-refractivity contribution in [2.24, 2.45) is 0 Å². The van der Waals surface area contributed by atoms with E-state index in [1.165, 1.54) is 12.8 Å². The second kappa shape index (κ2) is 5.41. The Labute approximate surface area is 114 Å². The van der Waals surface area contributed by atoms with Crippen molar-refractivity contribution in [2.75, 3.05) is 32.1 Å². The molecule has 0 aliphatic carbocycles. The smallest absolute Gasteiger partial charge is 0.171 e. The summed E-state index contributed by atoms with van der Waals surface area (Å²) in [5, 5.41) is 0.531. The van der Waals surface area contributed by atoms with Crippen LogP contribution in [0, 0.1) is 13.8 Å². The third-order valence-corrected chi connectivity index (χ3v) is 3.73. The van der Waals surface area contributed by atoms with Gasteiger partial charge in [0.2, 0.25) is 0 Å². The normalized spacial score (nSPS) is 19.9. The zero-order valence-electron chi connectivity index (χ0n) is 11.6. The van der Waals surface area contributed by atoms with Crippen molar-refractivity contribution < 1.29 is 0 Å². The lowest BCUT2D eigenvalue weighted by Crippen LogP contribution is -2.38. The maximum absolute atomic E-state index is 6.25. The van der Waals surface area contributed by atoms with Crippen LogP contribution in [-0.4, -0.2) is 48.1 Å². The van der Waals surface area contributed by atoms with Crippen LogP contribution in [0.2, 0.25) is 5.15 Å². The van der Waals surface area contributed by atoms with Crippen molar-refractivity contribution in [3.05, 3.63) is 16.5 Å². The average molecular weight is 269 g/mol. The first kappa shape index (κ1) is 13.6. The molecule has 1 unspecified atom stereocenters. The Bertz CT molecular complexity index is 433. The van der Waals surface area contributed by atoms with Crippen molar-refractivity contribution in [3.63, 3.8) is 0 Å². The minimum Gasteiger partial charge on any atom is -0.350 e. The molecule has 1 aliphatic heterocycles. The second-order valence-electron chi connectivity index (χ2n) is 5.26. The summed E-state index contributed by atoms with van der Waals surface area (Å²) in [6.45, 7) is 5.98. The molecule has 1 aromatic heterocycles. The van der Waals surface area contributed by atoms with Gasteiger partial charge in [-0.2, -0.15) is 0 Å². The molecule has 0 N–H and O–H groups in total. The number of halogens is 1. The Kier molecular flexibility index (Phi) is 4.07. The van der Waals surface area contributed by atoms with Gasteiger partial charge in [-0.1, -0.05) is 11.6 Å². The van der Waals surface area contributed by atoms with Crippen LogP contribution in [0.15, 0.2) is 0 Å². The van der Waals surface area contributed by atoms with Gasteiger partial charge < -0.3 is 9.80 Å². The van der Waals surface area contributed by atoms with Gasteiger partial charge in [0.05, 0.1) is 11.4 Å². The summed E-state index contributed by atoms with van der Waals surface area (Å²) >= 11 is 6.25. The largest absolute Gasteiger partial charge is 0.350 e. The second-order valence-corrected chi connectivity index (χ2v) is 5.62. The lowest BCUT2D eigenvalue weighted by molar-refractivity contribution is 0.371. The highest BCUT2D eigenvalue weighted by Gasteiger charge is 2.28. The van der Waals surface area contributed by atoms with E-state index in [4.69, 9.17) is 11.6 Å². The van der Waals surface area contributed by atoms with Gasteiger partial charge in [0.25, 0.3) is 0 Å². The van der Waals surface area contributed by atoms with Crippen LogP contribution in [0.4, 0.5) is 5.82 Å². The molecule has 5 heteroatoms. The number of anilines is 1. The molecular weight excluding hydrogens is 248 g/mol. The first-order chi connectivity index (χ1) is 8.49. The number of aryl methyl sites for hydroxylation is 2. The van der Waals surface area contributed by atoms with E-state index >= 15 is 0 Å². The molecule has 1 atom stereocenters. The Morgan fingerprint density at radius 3 is 2.61 bits per heavy atom. The van der Waals surface area contributed by atoms with Crippen molar-refractivity contribution in [1.29, 1.82) is 0 Å². The van der Waals surface area contributed by atoms with Gasteiger partial charge in [-0.05, 0) is 40.8 Å². The standard InChI is InChI=1S/C13H21ClN4/c1-9-10(2)16-13(12(14)15-9)18-7-5-6-11(18)8-17(3)4/h11H,5-8H2,1-4H3. The third-order valence-electron chi connectivity index (χ3n) is 3.47. The summed E-state index contributed by atoms with van der Waals surface area (Å²) in [5.74, 6) is 0.851. The summed E-state index contributed by atoms with van der Waals surface area (Å²) in [7, 11) is 4.20. The van der Waals surface area contributed by atoms with Gasteiger partial charge in [-0.15, -0.1) is 0 Å². The predicted molar refractivity (Wildman–Crippen MR) is 75.4 cm³/mol. The molecule has 0 radical (unpaired) electrons. The van der Waals surface area contributed by atoms with Crippen molar-refractivity contribution in [2.45, 2.75) is 32.7 Å². The highest BCUT2D eigenvalue weighted by Crippen LogP contribution is 2.29. The zero-order valence-corrected chi connectivity index (χ0v) is 12.3. The van der Waals surface area contributed by atoms with Gasteiger partial charge in [0.15, 0.2) is 11.0 Å². The SMILES string of the molecule is Cc1nc(Cl)c(N2CCCC2CN(C)C)nc1C. The first-order valence-corrected chi connectivity index (χ1v) is 6.79. The van der Waals surface area contributed by atoms with Crippen LogP contribution in [-0.2, 0) is 0 Å². The summed E-state index contributed by atoms with van der Waals surface area (Å²) in [6.07, 6.45) is 2.40. The molecule has 1 aliphatic rings. The van der Waals surface area contributed by atoms with E-state index in [1.54, 1.807) is 0 Å². The Morgan fingerprint density at radius 1 is 1.28 bits per heavy atom. The van der Waals surface area contributed by atoms with Crippen LogP contribution in [0.1, 0.15) is 24.2 Å². The fraction of sp³-hybridized carbons (Fsp3) is 0.692. The monoisotopic (exact) mass is 268 g/mol. The minimum absolute atomic E-state index is 0.494. The minimum atomic E-state index is 0.494. The number of nitrogens with zero attached hydrogens (tertiary/aromatic N) is 4. The molecule has 0 aromatic carbocycles. The molecule has 2 heterocycles. The fourth-order valence-electron chi connectivity index (χ4n) is 2.47. The van der Waals surface area contributed by atoms with E-state index in [9.17, 15) is 0 Å². The molecule has 0 saturated carbocycles. The molecule has 0 spiro atoms. The number of hydrogen-bond donors (Lipinski definition) is 0. The number of rotatable bonds is 3. The van der Waals surface area contributed by atoms with E-state index in [-0.39, 0.29) is 0 Å². The van der Waals surface area contributed by atoms with Gasteiger partial charge in [-0.25, -0.2) is 9.97 Å².